The maximum Gasteiger partial charge on any atom is 1.00 e. The molecule has 1 N–H and O–H groups in total. The molecule has 14 heteroatoms. The van der Waals surface area contributed by atoms with Gasteiger partial charge in [0.2, 0.25) is 0 Å². The fourth-order valence-electron chi connectivity index (χ4n) is 9.92. The zero-order valence-electron chi connectivity index (χ0n) is 44.3. The van der Waals surface area contributed by atoms with Gasteiger partial charge in [-0.15, -0.1) is 0 Å². The molecular formula is C69H57AuCuF6OP5+4. The first kappa shape index (κ1) is 64.5. The van der Waals surface area contributed by atoms with Crippen LogP contribution in [0.15, 0.2) is 315 Å². The van der Waals surface area contributed by atoms with E-state index in [1.165, 1.54) is 63.7 Å². The standard InChI is InChI=1S/C54H42P4.C15H11O.Au.Cu.F6P/c1-7-25-43(26-8-1)55(44-27-9-2-10-28-44)49-37-19-22-40-52(49)58(53-41-23-20-38-50(53)56(45-29-11-3-12-30-45)46-31-13-4-14-32-46)54-42-24-21-39-51(54)57(47-33-15-5-16-34-47)48-35-17-6-18-36-48;1-2-15(16,13-9-5-3-6-10-13)14-11-7-4-8-12-14;;;1-7(2,3,4,5)6/h1-42H;3-12,16H;;;/q;-1;2*+1;-1/p+4. The molecule has 0 unspecified atom stereocenters. The predicted molar refractivity (Wildman–Crippen MR) is 343 cm³/mol. The number of aliphatic hydroxyl groups is 1. The molecule has 424 valence electrons. The number of hydrogen-bond donors (Lipinski definition) is 1. The van der Waals surface area contributed by atoms with Crippen molar-refractivity contribution < 1.29 is 69.7 Å². The second-order valence-electron chi connectivity index (χ2n) is 18.9. The molecule has 11 aromatic rings. The van der Waals surface area contributed by atoms with Crippen molar-refractivity contribution in [3.8, 4) is 5.92 Å². The molecule has 0 saturated carbocycles. The molecule has 0 heterocycles. The minimum absolute atomic E-state index is 0. The van der Waals surface area contributed by atoms with Crippen LogP contribution in [0.2, 0.25) is 0 Å². The summed E-state index contributed by atoms with van der Waals surface area (Å²) in [4.78, 5) is 0. The van der Waals surface area contributed by atoms with Crippen LogP contribution in [0.1, 0.15) is 11.1 Å². The van der Waals surface area contributed by atoms with Crippen molar-refractivity contribution in [2.45, 2.75) is 5.60 Å². The van der Waals surface area contributed by atoms with Crippen LogP contribution in [-0.2, 0) is 45.0 Å². The normalized spacial score (nSPS) is 12.0. The average Bonchev–Trinajstić information content (AvgIpc) is 2.49. The smallest absolute Gasteiger partial charge is 0.690 e. The molecule has 0 fully saturated rings. The van der Waals surface area contributed by atoms with Gasteiger partial charge in [0.25, 0.3) is 0 Å². The topological polar surface area (TPSA) is 20.2 Å². The zero-order valence-corrected chi connectivity index (χ0v) is 52.3. The van der Waals surface area contributed by atoms with Gasteiger partial charge >= 0.3 is 72.4 Å². The minimum atomic E-state index is -10.7. The Balaban J connectivity index is 0.000000331. The average molecular weight is 1430 g/mol. The summed E-state index contributed by atoms with van der Waals surface area (Å²) in [5.74, 6) is 2.22. The number of halogens is 6. The molecule has 11 aromatic carbocycles. The Morgan fingerprint density at radius 1 is 0.277 bits per heavy atom. The summed E-state index contributed by atoms with van der Waals surface area (Å²) < 4.78 is 59.2. The van der Waals surface area contributed by atoms with Crippen molar-refractivity contribution >= 4 is 103 Å². The van der Waals surface area contributed by atoms with Crippen LogP contribution in [0.25, 0.3) is 0 Å². The van der Waals surface area contributed by atoms with Gasteiger partial charge in [-0.25, -0.2) is 0 Å². The molecule has 0 radical (unpaired) electrons. The summed E-state index contributed by atoms with van der Waals surface area (Å²) in [6.07, 6.45) is 7.33. The summed E-state index contributed by atoms with van der Waals surface area (Å²) in [5.41, 5.74) is -0.157. The zero-order chi connectivity index (χ0) is 56.8. The van der Waals surface area contributed by atoms with Gasteiger partial charge in [-0.05, 0) is 120 Å². The summed E-state index contributed by atoms with van der Waals surface area (Å²) >= 11 is 0. The minimum Gasteiger partial charge on any atom is -0.690 e. The molecule has 0 aliphatic rings. The number of benzene rings is 11. The molecule has 0 atom stereocenters. The third kappa shape index (κ3) is 17.5. The molecule has 0 amide bonds. The van der Waals surface area contributed by atoms with Crippen molar-refractivity contribution in [1.82, 2.24) is 0 Å². The van der Waals surface area contributed by atoms with Crippen molar-refractivity contribution in [2.24, 2.45) is 0 Å². The Kier molecular flexibility index (Phi) is 22.3. The van der Waals surface area contributed by atoms with Gasteiger partial charge in [0.15, 0.2) is 0 Å². The second-order valence-corrected chi connectivity index (χ2v) is 30.5. The van der Waals surface area contributed by atoms with E-state index in [0.29, 0.717) is 11.1 Å². The van der Waals surface area contributed by atoms with Crippen LogP contribution in [-0.4, -0.2) is 5.11 Å². The van der Waals surface area contributed by atoms with E-state index in [4.69, 9.17) is 6.42 Å². The van der Waals surface area contributed by atoms with Crippen LogP contribution in [0.4, 0.5) is 25.2 Å². The van der Waals surface area contributed by atoms with E-state index in [1.807, 2.05) is 36.4 Å². The third-order valence-electron chi connectivity index (χ3n) is 13.3. The monoisotopic (exact) mass is 1430 g/mol. The fourth-order valence-corrected chi connectivity index (χ4v) is 22.8. The van der Waals surface area contributed by atoms with Crippen molar-refractivity contribution in [3.63, 3.8) is 0 Å². The SMILES string of the molecule is F[P-](F)(F)(F)(F)F.[Au+].[C-]#CC(O)(c1ccccc1)c1ccccc1.[Cu+].c1ccc([PH+](c2ccccc2)c2ccccc2[PH+](c2ccccc2[PH+](c2ccccc2)c2ccccc2)c2ccccc2[PH+](c2ccccc2)c2ccccc2)cc1. The van der Waals surface area contributed by atoms with E-state index in [1.54, 1.807) is 24.3 Å². The van der Waals surface area contributed by atoms with Crippen LogP contribution in [0, 0.1) is 12.3 Å². The Bertz CT molecular complexity index is 3340. The Morgan fingerprint density at radius 3 is 0.590 bits per heavy atom. The maximum atomic E-state index is 10.5. The van der Waals surface area contributed by atoms with Gasteiger partial charge in [-0.3, -0.25) is 0 Å². The summed E-state index contributed by atoms with van der Waals surface area (Å²) in [5, 5.41) is 27.8. The predicted octanol–water partition coefficient (Wildman–Crippen LogP) is 13.5. The van der Waals surface area contributed by atoms with Crippen molar-refractivity contribution in [3.05, 3.63) is 333 Å². The Labute approximate surface area is 513 Å². The fraction of sp³-hybridized carbons (Fsp3) is 0.0145. The van der Waals surface area contributed by atoms with E-state index in [0.717, 1.165) is 0 Å². The van der Waals surface area contributed by atoms with E-state index in [9.17, 15) is 30.3 Å². The summed E-state index contributed by atoms with van der Waals surface area (Å²) in [6, 6.07) is 114. The maximum absolute atomic E-state index is 10.7. The second kappa shape index (κ2) is 28.7. The Hall–Kier alpha value is -6.07. The Morgan fingerprint density at radius 2 is 0.422 bits per heavy atom. The molecule has 0 aliphatic carbocycles. The molecule has 0 bridgehead atoms. The number of hydrogen-bond acceptors (Lipinski definition) is 1. The van der Waals surface area contributed by atoms with E-state index >= 15 is 0 Å². The summed E-state index contributed by atoms with van der Waals surface area (Å²) in [6.45, 7) is 0. The van der Waals surface area contributed by atoms with E-state index < -0.39 is 45.1 Å². The quantitative estimate of drug-likeness (QED) is 0.0378. The van der Waals surface area contributed by atoms with Gasteiger partial charge < -0.3 is 17.5 Å². The van der Waals surface area contributed by atoms with Crippen LogP contribution in [0.3, 0.4) is 0 Å². The van der Waals surface area contributed by atoms with Crippen LogP contribution >= 0.6 is 39.5 Å². The molecule has 0 aromatic heterocycles. The molecule has 1 nitrogen and oxygen atoms in total. The van der Waals surface area contributed by atoms with Crippen LogP contribution < -0.4 is 63.7 Å². The van der Waals surface area contributed by atoms with Crippen molar-refractivity contribution in [1.29, 1.82) is 0 Å². The first-order valence-electron chi connectivity index (χ1n) is 26.0. The largest absolute Gasteiger partial charge is 1.00 e. The molecule has 0 spiro atoms. The summed E-state index contributed by atoms with van der Waals surface area (Å²) in [7, 11) is -16.5. The van der Waals surface area contributed by atoms with Crippen molar-refractivity contribution in [2.75, 3.05) is 0 Å². The van der Waals surface area contributed by atoms with Gasteiger partial charge in [-0.1, -0.05) is 206 Å². The first-order valence-corrected chi connectivity index (χ1v) is 34.0. The van der Waals surface area contributed by atoms with Gasteiger partial charge in [0.05, 0.1) is 0 Å². The van der Waals surface area contributed by atoms with Gasteiger partial charge in [0.1, 0.15) is 101 Å². The van der Waals surface area contributed by atoms with Gasteiger partial charge in [0, 0.05) is 0 Å². The van der Waals surface area contributed by atoms with E-state index in [-0.39, 0.29) is 39.4 Å². The molecule has 0 aliphatic heterocycles. The number of rotatable bonds is 14. The third-order valence-corrected chi connectivity index (χ3v) is 25.4. The molecule has 0 saturated heterocycles. The van der Waals surface area contributed by atoms with Crippen LogP contribution in [0.5, 0.6) is 0 Å². The van der Waals surface area contributed by atoms with E-state index in [2.05, 4.69) is 261 Å². The molecule has 11 rings (SSSR count). The molecular weight excluding hydrogens is 1370 g/mol. The van der Waals surface area contributed by atoms with Gasteiger partial charge in [-0.2, -0.15) is 0 Å². The molecule has 83 heavy (non-hydrogen) atoms. The first-order chi connectivity index (χ1) is 39.1.